The highest BCUT2D eigenvalue weighted by atomic mass is 15.0. The Bertz CT molecular complexity index is 321. The van der Waals surface area contributed by atoms with Crippen molar-refractivity contribution in [1.82, 2.24) is 4.90 Å². The average molecular weight is 221 g/mol. The Kier molecular flexibility index (Phi) is 5.12. The van der Waals surface area contributed by atoms with Crippen molar-refractivity contribution in [1.29, 1.82) is 0 Å². The van der Waals surface area contributed by atoms with Gasteiger partial charge in [0.25, 0.3) is 0 Å². The van der Waals surface area contributed by atoms with Crippen molar-refractivity contribution in [3.8, 4) is 0 Å². The minimum atomic E-state index is 0.859. The van der Waals surface area contributed by atoms with E-state index in [2.05, 4.69) is 30.4 Å². The number of aryl methyl sites for hydroxylation is 1. The maximum atomic E-state index is 5.77. The lowest BCUT2D eigenvalue weighted by atomic mass is 10.2. The largest absolute Gasteiger partial charge is 0.399 e. The zero-order valence-electron chi connectivity index (χ0n) is 10.6. The number of nitrogens with zero attached hydrogens (tertiary/aromatic N) is 1. The number of hydrogen-bond donors (Lipinski definition) is 2. The summed E-state index contributed by atoms with van der Waals surface area (Å²) in [5.41, 5.74) is 8.93. The van der Waals surface area contributed by atoms with Gasteiger partial charge >= 0.3 is 0 Å². The van der Waals surface area contributed by atoms with E-state index in [1.807, 2.05) is 19.1 Å². The van der Waals surface area contributed by atoms with Crippen LogP contribution in [0.3, 0.4) is 0 Å². The summed E-state index contributed by atoms with van der Waals surface area (Å²) in [5, 5.41) is 3.41. The van der Waals surface area contributed by atoms with E-state index >= 15 is 0 Å². The topological polar surface area (TPSA) is 41.3 Å². The first kappa shape index (κ1) is 12.8. The molecule has 0 radical (unpaired) electrons. The van der Waals surface area contributed by atoms with E-state index < -0.39 is 0 Å². The van der Waals surface area contributed by atoms with Gasteiger partial charge in [-0.3, -0.25) is 0 Å². The SMILES string of the molecule is Cc1cc(NCCCCN(C)C)ccc1N. The van der Waals surface area contributed by atoms with Gasteiger partial charge in [-0.1, -0.05) is 0 Å². The van der Waals surface area contributed by atoms with E-state index in [0.717, 1.165) is 30.0 Å². The number of benzene rings is 1. The van der Waals surface area contributed by atoms with Crippen LogP contribution in [0.15, 0.2) is 18.2 Å². The second kappa shape index (κ2) is 6.38. The lowest BCUT2D eigenvalue weighted by Gasteiger charge is -2.10. The summed E-state index contributed by atoms with van der Waals surface area (Å²) in [6, 6.07) is 6.09. The van der Waals surface area contributed by atoms with Gasteiger partial charge < -0.3 is 16.0 Å². The first-order valence-electron chi connectivity index (χ1n) is 5.84. The van der Waals surface area contributed by atoms with Crippen molar-refractivity contribution in [2.75, 3.05) is 38.2 Å². The molecule has 3 nitrogen and oxygen atoms in total. The Morgan fingerprint density at radius 1 is 1.25 bits per heavy atom. The van der Waals surface area contributed by atoms with Gasteiger partial charge in [0.15, 0.2) is 0 Å². The molecule has 0 aromatic heterocycles. The normalized spacial score (nSPS) is 10.8. The number of nitrogen functional groups attached to an aromatic ring is 1. The summed E-state index contributed by atoms with van der Waals surface area (Å²) in [6.07, 6.45) is 2.43. The maximum Gasteiger partial charge on any atom is 0.0345 e. The lowest BCUT2D eigenvalue weighted by molar-refractivity contribution is 0.396. The standard InChI is InChI=1S/C13H23N3/c1-11-10-12(6-7-13(11)14)15-8-4-5-9-16(2)3/h6-7,10,15H,4-5,8-9,14H2,1-3H3. The van der Waals surface area contributed by atoms with Crippen LogP contribution in [0.5, 0.6) is 0 Å². The summed E-state index contributed by atoms with van der Waals surface area (Å²) in [7, 11) is 4.22. The summed E-state index contributed by atoms with van der Waals surface area (Å²) in [5.74, 6) is 0. The second-order valence-corrected chi connectivity index (χ2v) is 4.51. The first-order chi connectivity index (χ1) is 7.59. The Morgan fingerprint density at radius 3 is 2.62 bits per heavy atom. The number of hydrogen-bond acceptors (Lipinski definition) is 3. The van der Waals surface area contributed by atoms with Gasteiger partial charge in [-0.25, -0.2) is 0 Å². The quantitative estimate of drug-likeness (QED) is 0.572. The second-order valence-electron chi connectivity index (χ2n) is 4.51. The zero-order valence-corrected chi connectivity index (χ0v) is 10.6. The molecule has 0 aliphatic carbocycles. The Balaban J connectivity index is 2.24. The number of anilines is 2. The lowest BCUT2D eigenvalue weighted by Crippen LogP contribution is -2.14. The average Bonchev–Trinajstić information content (AvgIpc) is 2.22. The Morgan fingerprint density at radius 2 is 2.00 bits per heavy atom. The van der Waals surface area contributed by atoms with Crippen molar-refractivity contribution >= 4 is 11.4 Å². The van der Waals surface area contributed by atoms with Gasteiger partial charge in [0.05, 0.1) is 0 Å². The Labute approximate surface area is 98.6 Å². The van der Waals surface area contributed by atoms with Crippen molar-refractivity contribution in [3.63, 3.8) is 0 Å². The summed E-state index contributed by atoms with van der Waals surface area (Å²) >= 11 is 0. The van der Waals surface area contributed by atoms with Crippen LogP contribution in [0.4, 0.5) is 11.4 Å². The fourth-order valence-corrected chi connectivity index (χ4v) is 1.57. The Hall–Kier alpha value is -1.22. The highest BCUT2D eigenvalue weighted by molar-refractivity contribution is 5.56. The van der Waals surface area contributed by atoms with Gasteiger partial charge in [-0.15, -0.1) is 0 Å². The van der Waals surface area contributed by atoms with E-state index in [4.69, 9.17) is 5.73 Å². The van der Waals surface area contributed by atoms with Crippen LogP contribution in [0.25, 0.3) is 0 Å². The highest BCUT2D eigenvalue weighted by Gasteiger charge is 1.96. The molecular weight excluding hydrogens is 198 g/mol. The van der Waals surface area contributed by atoms with Gasteiger partial charge in [-0.2, -0.15) is 0 Å². The van der Waals surface area contributed by atoms with Crippen LogP contribution in [0.2, 0.25) is 0 Å². The van der Waals surface area contributed by atoms with E-state index in [0.29, 0.717) is 0 Å². The summed E-state index contributed by atoms with van der Waals surface area (Å²) in [4.78, 5) is 2.22. The molecule has 0 atom stereocenters. The molecule has 16 heavy (non-hydrogen) atoms. The molecule has 0 unspecified atom stereocenters. The third-order valence-electron chi connectivity index (χ3n) is 2.63. The van der Waals surface area contributed by atoms with Gasteiger partial charge in [0.2, 0.25) is 0 Å². The van der Waals surface area contributed by atoms with Crippen molar-refractivity contribution in [3.05, 3.63) is 23.8 Å². The highest BCUT2D eigenvalue weighted by Crippen LogP contribution is 2.16. The molecule has 0 bridgehead atoms. The molecule has 0 saturated carbocycles. The fraction of sp³-hybridized carbons (Fsp3) is 0.538. The summed E-state index contributed by atoms with van der Waals surface area (Å²) < 4.78 is 0. The molecule has 0 saturated heterocycles. The van der Waals surface area contributed by atoms with Gasteiger partial charge in [0, 0.05) is 17.9 Å². The predicted octanol–water partition coefficient (Wildman–Crippen LogP) is 2.33. The summed E-state index contributed by atoms with van der Waals surface area (Å²) in [6.45, 7) is 4.21. The van der Waals surface area contributed by atoms with Crippen LogP contribution in [0, 0.1) is 6.92 Å². The molecule has 1 aromatic rings. The molecule has 1 rings (SSSR count). The molecule has 90 valence electrons. The molecule has 0 heterocycles. The van der Waals surface area contributed by atoms with Crippen LogP contribution in [-0.2, 0) is 0 Å². The van der Waals surface area contributed by atoms with E-state index in [9.17, 15) is 0 Å². The van der Waals surface area contributed by atoms with Gasteiger partial charge in [0.1, 0.15) is 0 Å². The molecule has 1 aromatic carbocycles. The minimum absolute atomic E-state index is 0.859. The molecule has 0 aliphatic heterocycles. The number of nitrogens with two attached hydrogens (primary N) is 1. The molecule has 0 fully saturated rings. The molecule has 0 amide bonds. The first-order valence-corrected chi connectivity index (χ1v) is 5.84. The van der Waals surface area contributed by atoms with E-state index in [-0.39, 0.29) is 0 Å². The van der Waals surface area contributed by atoms with Crippen LogP contribution >= 0.6 is 0 Å². The number of unbranched alkanes of at least 4 members (excludes halogenated alkanes) is 1. The van der Waals surface area contributed by atoms with Crippen molar-refractivity contribution < 1.29 is 0 Å². The third kappa shape index (κ3) is 4.53. The molecule has 0 aliphatic rings. The molecular formula is C13H23N3. The maximum absolute atomic E-state index is 5.77. The number of nitrogens with one attached hydrogen (secondary N) is 1. The van der Waals surface area contributed by atoms with Crippen molar-refractivity contribution in [2.45, 2.75) is 19.8 Å². The molecule has 3 heteroatoms. The third-order valence-corrected chi connectivity index (χ3v) is 2.63. The van der Waals surface area contributed by atoms with E-state index in [1.165, 1.54) is 12.8 Å². The van der Waals surface area contributed by atoms with Crippen molar-refractivity contribution in [2.24, 2.45) is 0 Å². The van der Waals surface area contributed by atoms with E-state index in [1.54, 1.807) is 0 Å². The fourth-order valence-electron chi connectivity index (χ4n) is 1.57. The monoisotopic (exact) mass is 221 g/mol. The van der Waals surface area contributed by atoms with Crippen LogP contribution < -0.4 is 11.1 Å². The van der Waals surface area contributed by atoms with Crippen LogP contribution in [0.1, 0.15) is 18.4 Å². The number of rotatable bonds is 6. The molecule has 3 N–H and O–H groups in total. The van der Waals surface area contributed by atoms with Gasteiger partial charge in [-0.05, 0) is 64.2 Å². The molecule has 0 spiro atoms. The predicted molar refractivity (Wildman–Crippen MR) is 71.9 cm³/mol. The smallest absolute Gasteiger partial charge is 0.0345 e. The van der Waals surface area contributed by atoms with Crippen LogP contribution in [-0.4, -0.2) is 32.1 Å². The zero-order chi connectivity index (χ0) is 12.0. The minimum Gasteiger partial charge on any atom is -0.399 e.